The van der Waals surface area contributed by atoms with Crippen LogP contribution in [0, 0.1) is 12.8 Å². The van der Waals surface area contributed by atoms with Gasteiger partial charge in [-0.15, -0.1) is 12.4 Å². The Morgan fingerprint density at radius 1 is 1.13 bits per heavy atom. The van der Waals surface area contributed by atoms with Gasteiger partial charge in [0.25, 0.3) is 5.91 Å². The number of piperazine rings is 1. The Morgan fingerprint density at radius 2 is 1.84 bits per heavy atom. The van der Waals surface area contributed by atoms with Crippen LogP contribution in [0.5, 0.6) is 5.75 Å². The number of H-pyrrole nitrogens is 1. The van der Waals surface area contributed by atoms with Crippen LogP contribution in [0.15, 0.2) is 36.0 Å². The third-order valence-electron chi connectivity index (χ3n) is 8.64. The van der Waals surface area contributed by atoms with Gasteiger partial charge in [-0.3, -0.25) is 4.79 Å². The number of halogens is 2. The smallest absolute Gasteiger partial charge is 0.410 e. The van der Waals surface area contributed by atoms with Crippen LogP contribution in [0.2, 0.25) is 0 Å². The first kappa shape index (κ1) is 34.4. The molecule has 2 unspecified atom stereocenters. The van der Waals surface area contributed by atoms with Gasteiger partial charge in [0.2, 0.25) is 0 Å². The normalized spacial score (nSPS) is 21.0. The van der Waals surface area contributed by atoms with E-state index in [-0.39, 0.29) is 30.2 Å². The lowest BCUT2D eigenvalue weighted by atomic mass is 9.80. The number of rotatable bonds is 7. The minimum atomic E-state index is -0.807. The molecule has 0 radical (unpaired) electrons. The molecule has 2 aromatic rings. The number of nitrogens with zero attached hydrogens (tertiary/aromatic N) is 4. The lowest BCUT2D eigenvalue weighted by Crippen LogP contribution is -2.47. The quantitative estimate of drug-likeness (QED) is 0.254. The molecular weight excluding hydrogens is 666 g/mol. The summed E-state index contributed by atoms with van der Waals surface area (Å²) in [5.41, 5.74) is 4.87. The largest absolute Gasteiger partial charge is 0.495 e. The number of hydrogen-bond donors (Lipinski definition) is 1. The van der Waals surface area contributed by atoms with E-state index in [1.807, 2.05) is 57.2 Å². The highest BCUT2D eigenvalue weighted by Crippen LogP contribution is 2.51. The number of hydrogen-bond acceptors (Lipinski definition) is 8. The van der Waals surface area contributed by atoms with E-state index in [0.29, 0.717) is 47.6 Å². The van der Waals surface area contributed by atoms with Crippen LogP contribution in [0.1, 0.15) is 44.9 Å². The fourth-order valence-electron chi connectivity index (χ4n) is 6.29. The summed E-state index contributed by atoms with van der Waals surface area (Å²) >= 11 is 3.65. The number of methoxy groups -OCH3 is 2. The standard InChI is InChI=1S/C32H40BrN5O6.ClH/c1-19-27(31(40)43-6)29-28-21(17-33)18-38(26(39)10-8-20-7-9-24(42-5)22(15-20)35(2)3)23(28)16-25(30(29)34-19)44-32(41)37-13-11-36(4)12-14-37;/h7-10,15-16,21,25,28,34H,11-14,17-18H2,1-6H3;1H/b10-8+;/t21-,25?,28?;/m1./s1. The molecule has 2 saturated heterocycles. The van der Waals surface area contributed by atoms with Crippen molar-refractivity contribution in [2.45, 2.75) is 18.9 Å². The molecule has 2 fully saturated rings. The van der Waals surface area contributed by atoms with Gasteiger partial charge in [-0.05, 0) is 49.7 Å². The van der Waals surface area contributed by atoms with E-state index in [2.05, 4.69) is 25.8 Å². The number of esters is 1. The molecular formula is C32H41BrClN5O6. The van der Waals surface area contributed by atoms with Crippen molar-refractivity contribution in [2.75, 3.05) is 78.3 Å². The minimum absolute atomic E-state index is 0. The molecule has 0 bridgehead atoms. The van der Waals surface area contributed by atoms with Crippen molar-refractivity contribution >= 4 is 58.1 Å². The number of likely N-dealkylation sites (N-methyl/N-ethyl adjacent to an activating group) is 1. The van der Waals surface area contributed by atoms with Crippen LogP contribution in [-0.2, 0) is 14.3 Å². The molecule has 2 aliphatic heterocycles. The van der Waals surface area contributed by atoms with Crippen molar-refractivity contribution in [1.29, 1.82) is 0 Å². The van der Waals surface area contributed by atoms with E-state index in [4.69, 9.17) is 14.2 Å². The number of ether oxygens (including phenoxy) is 3. The molecule has 0 saturated carbocycles. The minimum Gasteiger partial charge on any atom is -0.495 e. The Bertz CT molecular complexity index is 1500. The van der Waals surface area contributed by atoms with E-state index in [9.17, 15) is 14.4 Å². The average Bonchev–Trinajstić information content (AvgIpc) is 3.56. The van der Waals surface area contributed by atoms with Crippen molar-refractivity contribution in [3.63, 3.8) is 0 Å². The van der Waals surface area contributed by atoms with Gasteiger partial charge in [0.15, 0.2) is 6.10 Å². The molecule has 0 spiro atoms. The second-order valence-electron chi connectivity index (χ2n) is 11.6. The van der Waals surface area contributed by atoms with Crippen molar-refractivity contribution < 1.29 is 28.6 Å². The van der Waals surface area contributed by atoms with Crippen molar-refractivity contribution in [1.82, 2.24) is 19.7 Å². The number of carbonyl (C=O) groups excluding carboxylic acids is 3. The summed E-state index contributed by atoms with van der Waals surface area (Å²) in [6, 6.07) is 5.73. The maximum absolute atomic E-state index is 13.8. The number of benzene rings is 1. The predicted octanol–water partition coefficient (Wildman–Crippen LogP) is 4.58. The summed E-state index contributed by atoms with van der Waals surface area (Å²) in [4.78, 5) is 51.0. The molecule has 13 heteroatoms. The molecule has 2 amide bonds. The number of aromatic nitrogens is 1. The maximum Gasteiger partial charge on any atom is 0.410 e. The highest BCUT2D eigenvalue weighted by atomic mass is 79.9. The van der Waals surface area contributed by atoms with Crippen molar-refractivity contribution in [2.24, 2.45) is 5.92 Å². The predicted molar refractivity (Wildman–Crippen MR) is 179 cm³/mol. The van der Waals surface area contributed by atoms with Gasteiger partial charge < -0.3 is 38.8 Å². The second-order valence-corrected chi connectivity index (χ2v) is 12.3. The number of amides is 2. The van der Waals surface area contributed by atoms with E-state index < -0.39 is 18.2 Å². The number of aromatic amines is 1. The summed E-state index contributed by atoms with van der Waals surface area (Å²) in [6.07, 6.45) is 3.95. The summed E-state index contributed by atoms with van der Waals surface area (Å²) in [5, 5.41) is 0.600. The molecule has 244 valence electrons. The number of anilines is 1. The molecule has 11 nitrogen and oxygen atoms in total. The number of fused-ring (bicyclic) bond motifs is 3. The summed E-state index contributed by atoms with van der Waals surface area (Å²) in [7, 11) is 8.87. The van der Waals surface area contributed by atoms with Crippen LogP contribution in [0.3, 0.4) is 0 Å². The van der Waals surface area contributed by atoms with Crippen LogP contribution in [0.25, 0.3) is 6.08 Å². The van der Waals surface area contributed by atoms with E-state index >= 15 is 0 Å². The molecule has 3 heterocycles. The van der Waals surface area contributed by atoms with E-state index in [1.165, 1.54) is 7.11 Å². The first-order valence-corrected chi connectivity index (χ1v) is 15.8. The third kappa shape index (κ3) is 6.73. The molecule has 3 atom stereocenters. The molecule has 3 aliphatic rings. The summed E-state index contributed by atoms with van der Waals surface area (Å²) in [5.74, 6) is -0.234. The highest BCUT2D eigenvalue weighted by Gasteiger charge is 2.48. The Labute approximate surface area is 278 Å². The van der Waals surface area contributed by atoms with E-state index in [0.717, 1.165) is 35.7 Å². The zero-order valence-electron chi connectivity index (χ0n) is 26.5. The molecule has 1 aliphatic carbocycles. The van der Waals surface area contributed by atoms with Gasteiger partial charge in [-0.2, -0.15) is 0 Å². The van der Waals surface area contributed by atoms with Crippen LogP contribution in [0.4, 0.5) is 10.5 Å². The number of allylic oxidation sites excluding steroid dienone is 1. The molecule has 5 rings (SSSR count). The Kier molecular flexibility index (Phi) is 10.9. The zero-order valence-corrected chi connectivity index (χ0v) is 28.9. The number of alkyl halides is 1. The fraction of sp³-hybridized carbons (Fsp3) is 0.469. The lowest BCUT2D eigenvalue weighted by molar-refractivity contribution is -0.123. The second kappa shape index (κ2) is 14.3. The van der Waals surface area contributed by atoms with Crippen LogP contribution < -0.4 is 9.64 Å². The zero-order chi connectivity index (χ0) is 31.7. The number of likely N-dealkylation sites (tertiary alicyclic amines) is 1. The van der Waals surface area contributed by atoms with Gasteiger partial charge in [0.05, 0.1) is 31.2 Å². The number of aryl methyl sites for hydroxylation is 1. The van der Waals surface area contributed by atoms with Gasteiger partial charge >= 0.3 is 12.1 Å². The Hall–Kier alpha value is -3.48. The number of nitrogens with one attached hydrogen (secondary N) is 1. The lowest BCUT2D eigenvalue weighted by Gasteiger charge is -2.34. The fourth-order valence-corrected chi connectivity index (χ4v) is 6.87. The monoisotopic (exact) mass is 705 g/mol. The van der Waals surface area contributed by atoms with Crippen molar-refractivity contribution in [3.8, 4) is 5.75 Å². The van der Waals surface area contributed by atoms with E-state index in [1.54, 1.807) is 29.1 Å². The van der Waals surface area contributed by atoms with Gasteiger partial charge in [-0.1, -0.05) is 22.0 Å². The first-order chi connectivity index (χ1) is 21.1. The molecule has 1 N–H and O–H groups in total. The average molecular weight is 707 g/mol. The maximum atomic E-state index is 13.8. The molecule has 1 aromatic carbocycles. The summed E-state index contributed by atoms with van der Waals surface area (Å²) < 4.78 is 16.7. The Morgan fingerprint density at radius 3 is 2.47 bits per heavy atom. The first-order valence-electron chi connectivity index (χ1n) is 14.6. The molecule has 1 aromatic heterocycles. The van der Waals surface area contributed by atoms with Gasteiger partial charge in [0, 0.05) is 81.1 Å². The highest BCUT2D eigenvalue weighted by molar-refractivity contribution is 9.09. The Balaban J connectivity index is 0.00000461. The summed E-state index contributed by atoms with van der Waals surface area (Å²) in [6.45, 7) is 4.88. The van der Waals surface area contributed by atoms with Crippen LogP contribution in [-0.4, -0.2) is 111 Å². The number of carbonyl (C=O) groups is 3. The van der Waals surface area contributed by atoms with Gasteiger partial charge in [-0.25, -0.2) is 9.59 Å². The van der Waals surface area contributed by atoms with Gasteiger partial charge in [0.1, 0.15) is 5.75 Å². The van der Waals surface area contributed by atoms with Crippen LogP contribution >= 0.6 is 28.3 Å². The third-order valence-corrected chi connectivity index (χ3v) is 9.47. The van der Waals surface area contributed by atoms with Crippen molar-refractivity contribution in [3.05, 3.63) is 64.1 Å². The SMILES string of the molecule is COC(=O)c1c(C)[nH]c2c1C1C(=CC2OC(=O)N2CCN(C)CC2)N(C(=O)/C=C/c2ccc(OC)c(N(C)C)c2)C[C@H]1CBr.Cl. The topological polar surface area (TPSA) is 108 Å². The molecule has 45 heavy (non-hydrogen) atoms.